The summed E-state index contributed by atoms with van der Waals surface area (Å²) in [6, 6.07) is 15.1. The van der Waals surface area contributed by atoms with E-state index in [-0.39, 0.29) is 11.1 Å². The highest BCUT2D eigenvalue weighted by atomic mass is 35.5. The Balaban J connectivity index is 1.33. The van der Waals surface area contributed by atoms with Gasteiger partial charge in [0, 0.05) is 41.5 Å². The molecule has 0 bridgehead atoms. The van der Waals surface area contributed by atoms with Crippen LogP contribution in [0.5, 0.6) is 0 Å². The summed E-state index contributed by atoms with van der Waals surface area (Å²) in [4.78, 5) is 19.2. The van der Waals surface area contributed by atoms with Crippen LogP contribution >= 0.6 is 11.6 Å². The molecule has 0 saturated carbocycles. The Hall–Kier alpha value is -3.50. The minimum atomic E-state index is -0.588. The normalized spacial score (nSPS) is 15.4. The summed E-state index contributed by atoms with van der Waals surface area (Å²) in [5.74, 6) is 5.72. The summed E-state index contributed by atoms with van der Waals surface area (Å²) in [5.41, 5.74) is 1.76. The summed E-state index contributed by atoms with van der Waals surface area (Å²) >= 11 is 5.92. The topological polar surface area (TPSA) is 66.6 Å². The Morgan fingerprint density at radius 2 is 1.84 bits per heavy atom. The molecule has 3 heterocycles. The number of nitrogens with zero attached hydrogens (tertiary/aromatic N) is 2. The minimum Gasteiger partial charge on any atom is -0.459 e. The van der Waals surface area contributed by atoms with Crippen LogP contribution in [0.25, 0.3) is 22.1 Å². The lowest BCUT2D eigenvalue weighted by Gasteiger charge is -2.37. The lowest BCUT2D eigenvalue weighted by atomic mass is 9.89. The van der Waals surface area contributed by atoms with Gasteiger partial charge in [0.1, 0.15) is 17.0 Å². The third-order valence-corrected chi connectivity index (χ3v) is 7.20. The third-order valence-electron chi connectivity index (χ3n) is 6.95. The quantitative estimate of drug-likeness (QED) is 0.348. The van der Waals surface area contributed by atoms with E-state index in [1.165, 1.54) is 12.1 Å². The lowest BCUT2D eigenvalue weighted by Crippen LogP contribution is -2.43. The van der Waals surface area contributed by atoms with E-state index in [1.54, 1.807) is 48.7 Å². The molecule has 0 radical (unpaired) electrons. The summed E-state index contributed by atoms with van der Waals surface area (Å²) < 4.78 is 20.7. The standard InChI is InChI=1S/C30H26ClFN2O3/c1-2-30(36)11-13-34(14-12-30)19-24-17-28(35)25-15-20(4-10-29(25)37-24)3-9-27-26(32)16-22(18-33-27)21-5-7-23(31)8-6-21/h4-8,10,15-18,36H,2,11-14,19H2,1H3. The average molecular weight is 517 g/mol. The first-order chi connectivity index (χ1) is 17.8. The molecule has 1 fully saturated rings. The van der Waals surface area contributed by atoms with Gasteiger partial charge in [-0.25, -0.2) is 9.37 Å². The van der Waals surface area contributed by atoms with Gasteiger partial charge in [0.15, 0.2) is 11.2 Å². The van der Waals surface area contributed by atoms with E-state index in [1.807, 2.05) is 6.92 Å². The SMILES string of the molecule is CCC1(O)CCN(Cc2cc(=O)c3cc(C#Cc4ncc(-c5ccc(Cl)cc5)cc4F)ccc3o2)CC1. The van der Waals surface area contributed by atoms with E-state index in [4.69, 9.17) is 16.0 Å². The number of aromatic nitrogens is 1. The van der Waals surface area contributed by atoms with Crippen molar-refractivity contribution in [3.05, 3.63) is 98.9 Å². The van der Waals surface area contributed by atoms with Crippen molar-refractivity contribution in [2.24, 2.45) is 0 Å². The molecule has 2 aromatic heterocycles. The van der Waals surface area contributed by atoms with Gasteiger partial charge in [-0.1, -0.05) is 36.6 Å². The second-order valence-electron chi connectivity index (χ2n) is 9.45. The van der Waals surface area contributed by atoms with E-state index < -0.39 is 11.4 Å². The van der Waals surface area contributed by atoms with Gasteiger partial charge in [-0.15, -0.1) is 0 Å². The molecule has 1 saturated heterocycles. The monoisotopic (exact) mass is 516 g/mol. The van der Waals surface area contributed by atoms with Crippen LogP contribution in [0.2, 0.25) is 5.02 Å². The first kappa shape index (κ1) is 25.2. The number of piperidine rings is 1. The van der Waals surface area contributed by atoms with Crippen LogP contribution in [0.3, 0.4) is 0 Å². The maximum absolute atomic E-state index is 14.7. The predicted molar refractivity (Wildman–Crippen MR) is 143 cm³/mol. The molecule has 0 spiro atoms. The van der Waals surface area contributed by atoms with E-state index in [0.717, 1.165) is 25.1 Å². The van der Waals surface area contributed by atoms with E-state index in [0.29, 0.717) is 52.3 Å². The Morgan fingerprint density at radius 1 is 1.08 bits per heavy atom. The predicted octanol–water partition coefficient (Wildman–Crippen LogP) is 5.78. The fourth-order valence-corrected chi connectivity index (χ4v) is 4.65. The van der Waals surface area contributed by atoms with E-state index >= 15 is 0 Å². The van der Waals surface area contributed by atoms with Gasteiger partial charge < -0.3 is 9.52 Å². The lowest BCUT2D eigenvalue weighted by molar-refractivity contribution is -0.0268. The number of pyridine rings is 1. The minimum absolute atomic E-state index is 0.0247. The van der Waals surface area contributed by atoms with Crippen molar-refractivity contribution in [1.82, 2.24) is 9.88 Å². The number of hydrogen-bond donors (Lipinski definition) is 1. The molecule has 7 heteroatoms. The van der Waals surface area contributed by atoms with Crippen LogP contribution in [0.15, 0.2) is 70.0 Å². The third kappa shape index (κ3) is 5.75. The highest BCUT2D eigenvalue weighted by Crippen LogP contribution is 2.26. The molecular weight excluding hydrogens is 491 g/mol. The molecule has 1 aliphatic rings. The van der Waals surface area contributed by atoms with Crippen molar-refractivity contribution in [2.75, 3.05) is 13.1 Å². The zero-order chi connectivity index (χ0) is 26.0. The van der Waals surface area contributed by atoms with Crippen LogP contribution in [-0.4, -0.2) is 33.7 Å². The summed E-state index contributed by atoms with van der Waals surface area (Å²) in [6.45, 7) is 4.03. The molecule has 4 aromatic rings. The average Bonchev–Trinajstić information content (AvgIpc) is 2.90. The number of benzene rings is 2. The number of aliphatic hydroxyl groups is 1. The fraction of sp³-hybridized carbons (Fsp3) is 0.267. The molecule has 0 aliphatic carbocycles. The van der Waals surface area contributed by atoms with Crippen LogP contribution in [0.4, 0.5) is 4.39 Å². The second kappa shape index (κ2) is 10.5. The number of halogens is 2. The van der Waals surface area contributed by atoms with Crippen molar-refractivity contribution >= 4 is 22.6 Å². The molecule has 188 valence electrons. The fourth-order valence-electron chi connectivity index (χ4n) is 4.52. The zero-order valence-corrected chi connectivity index (χ0v) is 21.2. The highest BCUT2D eigenvalue weighted by Gasteiger charge is 2.30. The van der Waals surface area contributed by atoms with Crippen molar-refractivity contribution in [3.8, 4) is 23.0 Å². The summed E-state index contributed by atoms with van der Waals surface area (Å²) in [5, 5.41) is 11.5. The van der Waals surface area contributed by atoms with Crippen molar-refractivity contribution in [3.63, 3.8) is 0 Å². The number of rotatable bonds is 4. The first-order valence-electron chi connectivity index (χ1n) is 12.3. The largest absolute Gasteiger partial charge is 0.459 e. The zero-order valence-electron chi connectivity index (χ0n) is 20.4. The first-order valence-corrected chi connectivity index (χ1v) is 12.6. The Labute approximate surface area is 219 Å². The highest BCUT2D eigenvalue weighted by molar-refractivity contribution is 6.30. The van der Waals surface area contributed by atoms with Crippen LogP contribution in [0, 0.1) is 17.7 Å². The summed E-state index contributed by atoms with van der Waals surface area (Å²) in [6.07, 6.45) is 3.73. The van der Waals surface area contributed by atoms with Crippen LogP contribution in [-0.2, 0) is 6.54 Å². The van der Waals surface area contributed by atoms with E-state index in [2.05, 4.69) is 21.7 Å². The van der Waals surface area contributed by atoms with Crippen molar-refractivity contribution in [2.45, 2.75) is 38.3 Å². The van der Waals surface area contributed by atoms with Gasteiger partial charge in [0.25, 0.3) is 0 Å². The number of hydrogen-bond acceptors (Lipinski definition) is 5. The maximum atomic E-state index is 14.7. The molecule has 1 N–H and O–H groups in total. The molecule has 0 atom stereocenters. The second-order valence-corrected chi connectivity index (χ2v) is 9.89. The van der Waals surface area contributed by atoms with Gasteiger partial charge in [0.2, 0.25) is 0 Å². The van der Waals surface area contributed by atoms with Gasteiger partial charge in [0.05, 0.1) is 17.5 Å². The number of fused-ring (bicyclic) bond motifs is 1. The van der Waals surface area contributed by atoms with Gasteiger partial charge in [-0.05, 0) is 67.1 Å². The van der Waals surface area contributed by atoms with Crippen LogP contribution in [0.1, 0.15) is 43.2 Å². The molecule has 37 heavy (non-hydrogen) atoms. The Morgan fingerprint density at radius 3 is 2.54 bits per heavy atom. The van der Waals surface area contributed by atoms with Gasteiger partial charge in [-0.3, -0.25) is 9.69 Å². The van der Waals surface area contributed by atoms with Gasteiger partial charge in [-0.2, -0.15) is 0 Å². The maximum Gasteiger partial charge on any atom is 0.193 e. The molecule has 1 aliphatic heterocycles. The van der Waals surface area contributed by atoms with Gasteiger partial charge >= 0.3 is 0 Å². The number of likely N-dealkylation sites (tertiary alicyclic amines) is 1. The Kier molecular flexibility index (Phi) is 7.12. The Bertz CT molecular complexity index is 1560. The molecule has 5 nitrogen and oxygen atoms in total. The summed E-state index contributed by atoms with van der Waals surface area (Å²) in [7, 11) is 0. The molecule has 5 rings (SSSR count). The smallest absolute Gasteiger partial charge is 0.193 e. The van der Waals surface area contributed by atoms with Crippen molar-refractivity contribution in [1.29, 1.82) is 0 Å². The van der Waals surface area contributed by atoms with E-state index in [9.17, 15) is 14.3 Å². The van der Waals surface area contributed by atoms with Crippen LogP contribution < -0.4 is 5.43 Å². The molecule has 0 unspecified atom stereocenters. The molecule has 0 amide bonds. The van der Waals surface area contributed by atoms with Crippen molar-refractivity contribution < 1.29 is 13.9 Å². The molecular formula is C30H26ClFN2O3. The molecule has 2 aromatic carbocycles.